The van der Waals surface area contributed by atoms with Crippen LogP contribution in [-0.4, -0.2) is 23.1 Å². The minimum Gasteiger partial charge on any atom is -0.328 e. The van der Waals surface area contributed by atoms with Crippen molar-refractivity contribution < 1.29 is 0 Å². The molecule has 1 N–H and O–H groups in total. The monoisotopic (exact) mass is 273 g/mol. The summed E-state index contributed by atoms with van der Waals surface area (Å²) in [6.07, 6.45) is 3.42. The van der Waals surface area contributed by atoms with E-state index >= 15 is 0 Å². The highest BCUT2D eigenvalue weighted by Gasteiger charge is 2.11. The molecule has 0 atom stereocenters. The Hall–Kier alpha value is -1.35. The Morgan fingerprint density at radius 1 is 1.30 bits per heavy atom. The summed E-state index contributed by atoms with van der Waals surface area (Å²) in [4.78, 5) is 4.87. The number of hydrogen-bond acceptors (Lipinski definition) is 2. The molecule has 0 amide bonds. The molecule has 20 heavy (non-hydrogen) atoms. The highest BCUT2D eigenvalue weighted by molar-refractivity contribution is 5.77. The van der Waals surface area contributed by atoms with Crippen molar-refractivity contribution in [2.45, 2.75) is 52.5 Å². The van der Waals surface area contributed by atoms with Gasteiger partial charge >= 0.3 is 0 Å². The summed E-state index contributed by atoms with van der Waals surface area (Å²) in [7, 11) is 2.00. The van der Waals surface area contributed by atoms with Crippen LogP contribution < -0.4 is 5.32 Å². The summed E-state index contributed by atoms with van der Waals surface area (Å²) in [5.41, 5.74) is 3.81. The van der Waals surface area contributed by atoms with E-state index < -0.39 is 0 Å². The van der Waals surface area contributed by atoms with E-state index in [1.54, 1.807) is 0 Å². The molecule has 0 aliphatic heterocycles. The molecule has 0 radical (unpaired) electrons. The third-order valence-electron chi connectivity index (χ3n) is 3.85. The second-order valence-electron chi connectivity index (χ2n) is 5.79. The molecule has 1 aromatic carbocycles. The predicted molar refractivity (Wildman–Crippen MR) is 86.4 cm³/mol. The number of rotatable bonds is 7. The zero-order chi connectivity index (χ0) is 14.5. The third kappa shape index (κ3) is 3.21. The average molecular weight is 273 g/mol. The molecule has 0 fully saturated rings. The Balaban J connectivity index is 2.41. The zero-order valence-corrected chi connectivity index (χ0v) is 13.2. The van der Waals surface area contributed by atoms with Crippen molar-refractivity contribution in [1.82, 2.24) is 14.9 Å². The van der Waals surface area contributed by atoms with Crippen LogP contribution in [0.15, 0.2) is 18.2 Å². The van der Waals surface area contributed by atoms with Crippen LogP contribution in [0.4, 0.5) is 0 Å². The molecule has 0 bridgehead atoms. The van der Waals surface area contributed by atoms with Gasteiger partial charge in [-0.15, -0.1) is 0 Å². The third-order valence-corrected chi connectivity index (χ3v) is 3.85. The van der Waals surface area contributed by atoms with Gasteiger partial charge in [-0.3, -0.25) is 0 Å². The highest BCUT2D eigenvalue weighted by Crippen LogP contribution is 2.23. The van der Waals surface area contributed by atoms with Crippen LogP contribution in [0.5, 0.6) is 0 Å². The first-order chi connectivity index (χ1) is 9.67. The number of imidazole rings is 1. The molecule has 2 aromatic rings. The number of aryl methyl sites for hydroxylation is 1. The molecule has 3 nitrogen and oxygen atoms in total. The quantitative estimate of drug-likeness (QED) is 0.833. The largest absolute Gasteiger partial charge is 0.328 e. The Morgan fingerprint density at radius 3 is 2.75 bits per heavy atom. The summed E-state index contributed by atoms with van der Waals surface area (Å²) in [5.74, 6) is 1.77. The fraction of sp³-hybridized carbons (Fsp3) is 0.588. The van der Waals surface area contributed by atoms with Gasteiger partial charge in [-0.2, -0.15) is 0 Å². The van der Waals surface area contributed by atoms with Crippen molar-refractivity contribution >= 4 is 11.0 Å². The van der Waals surface area contributed by atoms with E-state index in [1.165, 1.54) is 29.7 Å². The standard InChI is InChI=1S/C17H27N3/c1-5-6-11-20-16-8-7-14(13(2)3)12-15(16)19-17(20)9-10-18-4/h7-8,12-13,18H,5-6,9-11H2,1-4H3. The Labute approximate surface area is 122 Å². The van der Waals surface area contributed by atoms with E-state index in [-0.39, 0.29) is 0 Å². The van der Waals surface area contributed by atoms with Gasteiger partial charge in [-0.05, 0) is 37.1 Å². The van der Waals surface area contributed by atoms with Gasteiger partial charge in [0.05, 0.1) is 11.0 Å². The van der Waals surface area contributed by atoms with Gasteiger partial charge in [-0.25, -0.2) is 4.98 Å². The first-order valence-electron chi connectivity index (χ1n) is 7.81. The van der Waals surface area contributed by atoms with Gasteiger partial charge in [0.1, 0.15) is 5.82 Å². The Morgan fingerprint density at radius 2 is 2.10 bits per heavy atom. The minimum atomic E-state index is 0.556. The molecule has 0 aliphatic rings. The molecular formula is C17H27N3. The number of aromatic nitrogens is 2. The van der Waals surface area contributed by atoms with Gasteiger partial charge in [0.2, 0.25) is 0 Å². The molecule has 0 saturated carbocycles. The van der Waals surface area contributed by atoms with Crippen LogP contribution in [0.2, 0.25) is 0 Å². The molecule has 0 unspecified atom stereocenters. The van der Waals surface area contributed by atoms with E-state index in [0.717, 1.165) is 25.0 Å². The first kappa shape index (κ1) is 15.0. The van der Waals surface area contributed by atoms with Crippen LogP contribution in [0.3, 0.4) is 0 Å². The molecule has 1 heterocycles. The fourth-order valence-corrected chi connectivity index (χ4v) is 2.55. The Bertz CT molecular complexity index is 555. The maximum Gasteiger partial charge on any atom is 0.111 e. The van der Waals surface area contributed by atoms with Crippen molar-refractivity contribution in [1.29, 1.82) is 0 Å². The SMILES string of the molecule is CCCCn1c(CCNC)nc2cc(C(C)C)ccc21. The molecule has 2 rings (SSSR count). The number of hydrogen-bond donors (Lipinski definition) is 1. The van der Waals surface area contributed by atoms with E-state index in [1.807, 2.05) is 7.05 Å². The van der Waals surface area contributed by atoms with E-state index in [4.69, 9.17) is 4.98 Å². The van der Waals surface area contributed by atoms with Crippen molar-refractivity contribution in [3.8, 4) is 0 Å². The van der Waals surface area contributed by atoms with Gasteiger partial charge in [0, 0.05) is 19.5 Å². The molecule has 0 aliphatic carbocycles. The lowest BCUT2D eigenvalue weighted by Crippen LogP contribution is -2.14. The van der Waals surface area contributed by atoms with E-state index in [2.05, 4.69) is 48.9 Å². The summed E-state index contributed by atoms with van der Waals surface area (Å²) < 4.78 is 2.40. The van der Waals surface area contributed by atoms with Crippen molar-refractivity contribution in [2.24, 2.45) is 0 Å². The summed E-state index contributed by atoms with van der Waals surface area (Å²) in [6, 6.07) is 6.75. The molecule has 0 spiro atoms. The maximum atomic E-state index is 4.87. The number of benzene rings is 1. The number of fused-ring (bicyclic) bond motifs is 1. The van der Waals surface area contributed by atoms with Gasteiger partial charge in [0.25, 0.3) is 0 Å². The van der Waals surface area contributed by atoms with Gasteiger partial charge in [0.15, 0.2) is 0 Å². The lowest BCUT2D eigenvalue weighted by Gasteiger charge is -2.09. The normalized spacial score (nSPS) is 11.7. The van der Waals surface area contributed by atoms with Crippen molar-refractivity contribution in [3.63, 3.8) is 0 Å². The van der Waals surface area contributed by atoms with Crippen LogP contribution in [0, 0.1) is 0 Å². The maximum absolute atomic E-state index is 4.87. The number of unbranched alkanes of at least 4 members (excludes halogenated alkanes) is 1. The summed E-state index contributed by atoms with van der Waals surface area (Å²) in [5, 5.41) is 3.22. The zero-order valence-electron chi connectivity index (χ0n) is 13.2. The van der Waals surface area contributed by atoms with Gasteiger partial charge in [-0.1, -0.05) is 33.3 Å². The topological polar surface area (TPSA) is 29.9 Å². The number of nitrogens with one attached hydrogen (secondary N) is 1. The van der Waals surface area contributed by atoms with E-state index in [9.17, 15) is 0 Å². The van der Waals surface area contributed by atoms with Crippen LogP contribution in [-0.2, 0) is 13.0 Å². The molecule has 110 valence electrons. The summed E-state index contributed by atoms with van der Waals surface area (Å²) >= 11 is 0. The van der Waals surface area contributed by atoms with Crippen LogP contribution in [0.1, 0.15) is 50.9 Å². The average Bonchev–Trinajstić information content (AvgIpc) is 2.79. The minimum absolute atomic E-state index is 0.556. The van der Waals surface area contributed by atoms with Crippen molar-refractivity contribution in [2.75, 3.05) is 13.6 Å². The Kier molecular flexibility index (Phi) is 5.18. The molecule has 1 aromatic heterocycles. The molecule has 0 saturated heterocycles. The van der Waals surface area contributed by atoms with Crippen LogP contribution in [0.25, 0.3) is 11.0 Å². The number of likely N-dealkylation sites (N-methyl/N-ethyl adjacent to an activating group) is 1. The van der Waals surface area contributed by atoms with E-state index in [0.29, 0.717) is 5.92 Å². The highest BCUT2D eigenvalue weighted by atomic mass is 15.1. The predicted octanol–water partition coefficient (Wildman–Crippen LogP) is 3.72. The lowest BCUT2D eigenvalue weighted by molar-refractivity contribution is 0.607. The summed E-state index contributed by atoms with van der Waals surface area (Å²) in [6.45, 7) is 8.76. The first-order valence-corrected chi connectivity index (χ1v) is 7.81. The fourth-order valence-electron chi connectivity index (χ4n) is 2.55. The lowest BCUT2D eigenvalue weighted by atomic mass is 10.0. The van der Waals surface area contributed by atoms with Crippen LogP contribution >= 0.6 is 0 Å². The van der Waals surface area contributed by atoms with Crippen molar-refractivity contribution in [3.05, 3.63) is 29.6 Å². The molecular weight excluding hydrogens is 246 g/mol. The molecule has 3 heteroatoms. The smallest absolute Gasteiger partial charge is 0.111 e. The van der Waals surface area contributed by atoms with Gasteiger partial charge < -0.3 is 9.88 Å². The number of nitrogens with zero attached hydrogens (tertiary/aromatic N) is 2. The second kappa shape index (κ2) is 6.89. The second-order valence-corrected chi connectivity index (χ2v) is 5.79.